The molecule has 0 spiro atoms. The van der Waals surface area contributed by atoms with Gasteiger partial charge in [-0.05, 0) is 49.2 Å². The summed E-state index contributed by atoms with van der Waals surface area (Å²) in [6.45, 7) is 0. The molecule has 5 nitrogen and oxygen atoms in total. The molecule has 1 saturated carbocycles. The molecule has 0 aliphatic heterocycles. The van der Waals surface area contributed by atoms with Crippen LogP contribution in [-0.2, 0) is 4.79 Å². The van der Waals surface area contributed by atoms with Gasteiger partial charge in [-0.15, -0.1) is 11.3 Å². The van der Waals surface area contributed by atoms with Gasteiger partial charge in [-0.1, -0.05) is 18.2 Å². The van der Waals surface area contributed by atoms with Crippen LogP contribution in [0.15, 0.2) is 60.7 Å². The van der Waals surface area contributed by atoms with Gasteiger partial charge in [0.25, 0.3) is 5.91 Å². The summed E-state index contributed by atoms with van der Waals surface area (Å²) in [6, 6.07) is 16.1. The zero-order chi connectivity index (χ0) is 19.5. The van der Waals surface area contributed by atoms with E-state index in [-0.39, 0.29) is 17.7 Å². The summed E-state index contributed by atoms with van der Waals surface area (Å²) >= 11 is 1.21. The first-order valence-electron chi connectivity index (χ1n) is 8.83. The summed E-state index contributed by atoms with van der Waals surface area (Å²) < 4.78 is 19.1. The minimum absolute atomic E-state index is 0.00245. The van der Waals surface area contributed by atoms with Crippen molar-refractivity contribution in [1.29, 1.82) is 0 Å². The molecule has 0 radical (unpaired) electrons. The third-order valence-electron chi connectivity index (χ3n) is 4.18. The van der Waals surface area contributed by atoms with Crippen molar-refractivity contribution in [1.82, 2.24) is 0 Å². The van der Waals surface area contributed by atoms with Crippen LogP contribution in [0.4, 0.5) is 15.1 Å². The van der Waals surface area contributed by atoms with E-state index in [4.69, 9.17) is 4.74 Å². The largest absolute Gasteiger partial charge is 0.455 e. The van der Waals surface area contributed by atoms with Crippen LogP contribution in [-0.4, -0.2) is 11.8 Å². The van der Waals surface area contributed by atoms with Gasteiger partial charge < -0.3 is 15.4 Å². The second-order valence-corrected chi connectivity index (χ2v) is 7.52. The number of hydrogen-bond acceptors (Lipinski definition) is 4. The standard InChI is InChI=1S/C21H17FN2O3S/c22-14-4-3-5-15(12-14)27-17-7-2-1-6-16(17)23-21(26)18-10-11-19(28-18)24-20(25)13-8-9-13/h1-7,10-13H,8-9H2,(H,23,26)(H,24,25). The molecule has 0 unspecified atom stereocenters. The van der Waals surface area contributed by atoms with Crippen molar-refractivity contribution in [2.75, 3.05) is 10.6 Å². The molecular weight excluding hydrogens is 379 g/mol. The van der Waals surface area contributed by atoms with Crippen LogP contribution >= 0.6 is 11.3 Å². The second-order valence-electron chi connectivity index (χ2n) is 6.44. The summed E-state index contributed by atoms with van der Waals surface area (Å²) in [5.74, 6) is 0.127. The Morgan fingerprint density at radius 3 is 2.61 bits per heavy atom. The van der Waals surface area contributed by atoms with Gasteiger partial charge in [-0.3, -0.25) is 9.59 Å². The minimum Gasteiger partial charge on any atom is -0.455 e. The SMILES string of the molecule is O=C(Nc1ccccc1Oc1cccc(F)c1)c1ccc(NC(=O)C2CC2)s1. The zero-order valence-corrected chi connectivity index (χ0v) is 15.6. The number of hydrogen-bond donors (Lipinski definition) is 2. The maximum absolute atomic E-state index is 13.4. The normalized spacial score (nSPS) is 13.0. The van der Waals surface area contributed by atoms with E-state index in [1.807, 2.05) is 0 Å². The van der Waals surface area contributed by atoms with Crippen molar-refractivity contribution >= 4 is 33.8 Å². The summed E-state index contributed by atoms with van der Waals surface area (Å²) in [5, 5.41) is 6.28. The van der Waals surface area contributed by atoms with Crippen molar-refractivity contribution in [3.8, 4) is 11.5 Å². The summed E-state index contributed by atoms with van der Waals surface area (Å²) in [4.78, 5) is 24.9. The highest BCUT2D eigenvalue weighted by molar-refractivity contribution is 7.18. The van der Waals surface area contributed by atoms with E-state index in [1.165, 1.54) is 23.5 Å². The molecule has 7 heteroatoms. The average Bonchev–Trinajstić information content (AvgIpc) is 3.43. The Morgan fingerprint density at radius 2 is 1.82 bits per heavy atom. The number of para-hydroxylation sites is 2. The highest BCUT2D eigenvalue weighted by Crippen LogP contribution is 2.33. The number of anilines is 2. The summed E-state index contributed by atoms with van der Waals surface area (Å²) in [6.07, 6.45) is 1.85. The van der Waals surface area contributed by atoms with E-state index >= 15 is 0 Å². The number of amides is 2. The molecule has 0 atom stereocenters. The first kappa shape index (κ1) is 18.2. The molecule has 0 bridgehead atoms. The topological polar surface area (TPSA) is 67.4 Å². The van der Waals surface area contributed by atoms with E-state index in [2.05, 4.69) is 10.6 Å². The molecule has 1 aliphatic carbocycles. The van der Waals surface area contributed by atoms with Gasteiger partial charge in [0.05, 0.1) is 15.6 Å². The summed E-state index contributed by atoms with van der Waals surface area (Å²) in [7, 11) is 0. The number of nitrogens with one attached hydrogen (secondary N) is 2. The van der Waals surface area contributed by atoms with E-state index < -0.39 is 5.82 Å². The van der Waals surface area contributed by atoms with Gasteiger partial charge in [0.1, 0.15) is 11.6 Å². The molecule has 0 saturated heterocycles. The number of ether oxygens (including phenoxy) is 1. The maximum Gasteiger partial charge on any atom is 0.265 e. The Morgan fingerprint density at radius 1 is 1.00 bits per heavy atom. The molecule has 28 heavy (non-hydrogen) atoms. The van der Waals surface area contributed by atoms with E-state index in [0.717, 1.165) is 12.8 Å². The predicted molar refractivity (Wildman–Crippen MR) is 107 cm³/mol. The van der Waals surface area contributed by atoms with Crippen LogP contribution in [0.1, 0.15) is 22.5 Å². The number of rotatable bonds is 6. The molecular formula is C21H17FN2O3S. The molecule has 1 aliphatic rings. The van der Waals surface area contributed by atoms with Gasteiger partial charge in [-0.2, -0.15) is 0 Å². The Labute approximate surface area is 165 Å². The Kier molecular flexibility index (Phi) is 5.08. The van der Waals surface area contributed by atoms with Gasteiger partial charge >= 0.3 is 0 Å². The van der Waals surface area contributed by atoms with Crippen LogP contribution in [0.3, 0.4) is 0 Å². The van der Waals surface area contributed by atoms with Crippen molar-refractivity contribution in [3.05, 3.63) is 71.4 Å². The lowest BCUT2D eigenvalue weighted by Gasteiger charge is -2.11. The second kappa shape index (κ2) is 7.82. The van der Waals surface area contributed by atoms with Crippen molar-refractivity contribution in [2.45, 2.75) is 12.8 Å². The van der Waals surface area contributed by atoms with Gasteiger partial charge in [-0.25, -0.2) is 4.39 Å². The smallest absolute Gasteiger partial charge is 0.265 e. The Bertz CT molecular complexity index is 1030. The third-order valence-corrected chi connectivity index (χ3v) is 5.18. The maximum atomic E-state index is 13.4. The van der Waals surface area contributed by atoms with E-state index in [9.17, 15) is 14.0 Å². The number of benzene rings is 2. The Hall–Kier alpha value is -3.19. The molecule has 1 heterocycles. The predicted octanol–water partition coefficient (Wildman–Crippen LogP) is 5.28. The van der Waals surface area contributed by atoms with Crippen molar-refractivity contribution < 1.29 is 18.7 Å². The van der Waals surface area contributed by atoms with Crippen molar-refractivity contribution in [2.24, 2.45) is 5.92 Å². The van der Waals surface area contributed by atoms with Crippen molar-refractivity contribution in [3.63, 3.8) is 0 Å². The van der Waals surface area contributed by atoms with Crippen LogP contribution < -0.4 is 15.4 Å². The number of halogens is 1. The number of thiophene rings is 1. The average molecular weight is 396 g/mol. The van der Waals surface area contributed by atoms with Crippen LogP contribution in [0.5, 0.6) is 11.5 Å². The van der Waals surface area contributed by atoms with E-state index in [1.54, 1.807) is 48.5 Å². The fraction of sp³-hybridized carbons (Fsp3) is 0.143. The first-order valence-corrected chi connectivity index (χ1v) is 9.64. The quantitative estimate of drug-likeness (QED) is 0.596. The molecule has 1 fully saturated rings. The van der Waals surface area contributed by atoms with Crippen LogP contribution in [0.2, 0.25) is 0 Å². The lowest BCUT2D eigenvalue weighted by molar-refractivity contribution is -0.117. The van der Waals surface area contributed by atoms with E-state index in [0.29, 0.717) is 27.1 Å². The molecule has 3 aromatic rings. The fourth-order valence-electron chi connectivity index (χ4n) is 2.60. The zero-order valence-electron chi connectivity index (χ0n) is 14.8. The number of carbonyl (C=O) groups is 2. The molecule has 142 valence electrons. The molecule has 4 rings (SSSR count). The van der Waals surface area contributed by atoms with Gasteiger partial charge in [0.2, 0.25) is 5.91 Å². The highest BCUT2D eigenvalue weighted by Gasteiger charge is 2.29. The Balaban J connectivity index is 1.46. The number of carbonyl (C=O) groups excluding carboxylic acids is 2. The first-order chi connectivity index (χ1) is 13.6. The summed E-state index contributed by atoms with van der Waals surface area (Å²) in [5.41, 5.74) is 0.466. The minimum atomic E-state index is -0.404. The fourth-order valence-corrected chi connectivity index (χ4v) is 3.40. The van der Waals surface area contributed by atoms with Crippen LogP contribution in [0.25, 0.3) is 0 Å². The lowest BCUT2D eigenvalue weighted by atomic mass is 10.2. The monoisotopic (exact) mass is 396 g/mol. The van der Waals surface area contributed by atoms with Gasteiger partial charge in [0.15, 0.2) is 5.75 Å². The molecule has 2 aromatic carbocycles. The highest BCUT2D eigenvalue weighted by atomic mass is 32.1. The molecule has 2 amide bonds. The molecule has 1 aromatic heterocycles. The van der Waals surface area contributed by atoms with Crippen LogP contribution in [0, 0.1) is 11.7 Å². The lowest BCUT2D eigenvalue weighted by Crippen LogP contribution is -2.12. The molecule has 2 N–H and O–H groups in total. The third kappa shape index (κ3) is 4.37. The van der Waals surface area contributed by atoms with Gasteiger partial charge in [0, 0.05) is 12.0 Å².